The number of carbonyl (C=O) groups excluding carboxylic acids is 1. The molecule has 0 aliphatic heterocycles. The van der Waals surface area contributed by atoms with Crippen LogP contribution in [0.5, 0.6) is 0 Å². The number of carbonyl (C=O) groups is 1. The summed E-state index contributed by atoms with van der Waals surface area (Å²) < 4.78 is 0. The van der Waals surface area contributed by atoms with Gasteiger partial charge in [0.15, 0.2) is 5.78 Å². The lowest BCUT2D eigenvalue weighted by atomic mass is 9.93. The van der Waals surface area contributed by atoms with E-state index in [-0.39, 0.29) is 0 Å². The van der Waals surface area contributed by atoms with Gasteiger partial charge in [0.1, 0.15) is 0 Å². The summed E-state index contributed by atoms with van der Waals surface area (Å²) in [6.45, 7) is 4.35. The number of ketones is 1. The molecular weight excluding hydrogens is 204 g/mol. The van der Waals surface area contributed by atoms with E-state index in [1.54, 1.807) is 11.3 Å². The molecule has 1 fully saturated rings. The predicted octanol–water partition coefficient (Wildman–Crippen LogP) is 3.93. The third-order valence-corrected chi connectivity index (χ3v) is 4.70. The van der Waals surface area contributed by atoms with Crippen molar-refractivity contribution in [3.63, 3.8) is 0 Å². The molecule has 2 heteroatoms. The van der Waals surface area contributed by atoms with E-state index in [2.05, 4.69) is 19.9 Å². The molecule has 82 valence electrons. The van der Waals surface area contributed by atoms with Crippen LogP contribution in [0.15, 0.2) is 12.1 Å². The van der Waals surface area contributed by atoms with Gasteiger partial charge in [0.2, 0.25) is 0 Å². The maximum absolute atomic E-state index is 12.2. The molecule has 1 heterocycles. The first-order valence-corrected chi connectivity index (χ1v) is 6.67. The van der Waals surface area contributed by atoms with Crippen molar-refractivity contribution >= 4 is 17.1 Å². The van der Waals surface area contributed by atoms with Crippen molar-refractivity contribution in [3.8, 4) is 0 Å². The van der Waals surface area contributed by atoms with Gasteiger partial charge < -0.3 is 0 Å². The highest BCUT2D eigenvalue weighted by atomic mass is 32.1. The van der Waals surface area contributed by atoms with Gasteiger partial charge in [-0.25, -0.2) is 0 Å². The van der Waals surface area contributed by atoms with Crippen LogP contribution in [0.3, 0.4) is 0 Å². The summed E-state index contributed by atoms with van der Waals surface area (Å²) in [4.78, 5) is 14.5. The lowest BCUT2D eigenvalue weighted by molar-refractivity contribution is 0.0901. The Kier molecular flexibility index (Phi) is 3.25. The Labute approximate surface area is 95.5 Å². The van der Waals surface area contributed by atoms with E-state index < -0.39 is 0 Å². The summed E-state index contributed by atoms with van der Waals surface area (Å²) in [6, 6.07) is 4.11. The van der Waals surface area contributed by atoms with Crippen LogP contribution >= 0.6 is 11.3 Å². The first-order chi connectivity index (χ1) is 7.22. The Morgan fingerprint density at radius 1 is 1.47 bits per heavy atom. The quantitative estimate of drug-likeness (QED) is 0.708. The lowest BCUT2D eigenvalue weighted by Gasteiger charge is -2.12. The largest absolute Gasteiger partial charge is 0.293 e. The van der Waals surface area contributed by atoms with E-state index in [9.17, 15) is 4.79 Å². The Bertz CT molecular complexity index is 353. The molecule has 1 aliphatic carbocycles. The SMILES string of the molecule is CCc1ccc(C(=O)C2CCCC2C)s1. The maximum atomic E-state index is 12.2. The molecule has 1 nitrogen and oxygen atoms in total. The van der Waals surface area contributed by atoms with Crippen molar-refractivity contribution in [1.29, 1.82) is 0 Å². The number of hydrogen-bond acceptors (Lipinski definition) is 2. The molecule has 2 unspecified atom stereocenters. The van der Waals surface area contributed by atoms with Crippen LogP contribution in [0.2, 0.25) is 0 Å². The molecule has 0 bridgehead atoms. The molecule has 0 aromatic carbocycles. The molecule has 2 atom stereocenters. The zero-order valence-electron chi connectivity index (χ0n) is 9.45. The second-order valence-corrected chi connectivity index (χ2v) is 5.67. The average molecular weight is 222 g/mol. The van der Waals surface area contributed by atoms with Crippen LogP contribution in [-0.2, 0) is 6.42 Å². The van der Waals surface area contributed by atoms with Crippen LogP contribution in [0.4, 0.5) is 0 Å². The van der Waals surface area contributed by atoms with Crippen molar-refractivity contribution in [2.75, 3.05) is 0 Å². The standard InChI is InChI=1S/C13H18OS/c1-3-10-7-8-12(15-10)13(14)11-6-4-5-9(11)2/h7-9,11H,3-6H2,1-2H3. The van der Waals surface area contributed by atoms with Gasteiger partial charge in [0, 0.05) is 10.8 Å². The molecule has 1 aliphatic rings. The highest BCUT2D eigenvalue weighted by molar-refractivity contribution is 7.14. The molecule has 0 N–H and O–H groups in total. The summed E-state index contributed by atoms with van der Waals surface area (Å²) in [7, 11) is 0. The van der Waals surface area contributed by atoms with Gasteiger partial charge >= 0.3 is 0 Å². The van der Waals surface area contributed by atoms with Crippen molar-refractivity contribution in [1.82, 2.24) is 0 Å². The highest BCUT2D eigenvalue weighted by Gasteiger charge is 2.30. The van der Waals surface area contributed by atoms with E-state index in [1.165, 1.54) is 17.7 Å². The van der Waals surface area contributed by atoms with Gasteiger partial charge in [-0.1, -0.05) is 20.3 Å². The summed E-state index contributed by atoms with van der Waals surface area (Å²) in [6.07, 6.45) is 4.59. The summed E-state index contributed by atoms with van der Waals surface area (Å²) in [5.74, 6) is 1.28. The van der Waals surface area contributed by atoms with Crippen LogP contribution in [0.25, 0.3) is 0 Å². The van der Waals surface area contributed by atoms with Crippen molar-refractivity contribution in [2.45, 2.75) is 39.5 Å². The molecule has 1 saturated carbocycles. The first kappa shape index (κ1) is 10.9. The monoisotopic (exact) mass is 222 g/mol. The summed E-state index contributed by atoms with van der Waals surface area (Å²) in [5.41, 5.74) is 0. The van der Waals surface area contributed by atoms with Gasteiger partial charge in [-0.3, -0.25) is 4.79 Å². The van der Waals surface area contributed by atoms with Gasteiger partial charge in [-0.05, 0) is 37.3 Å². The van der Waals surface area contributed by atoms with Gasteiger partial charge in [-0.2, -0.15) is 0 Å². The third-order valence-electron chi connectivity index (χ3n) is 3.45. The van der Waals surface area contributed by atoms with Crippen LogP contribution in [0, 0.1) is 11.8 Å². The molecule has 0 spiro atoms. The fourth-order valence-electron chi connectivity index (χ4n) is 2.42. The number of aryl methyl sites for hydroxylation is 1. The maximum Gasteiger partial charge on any atom is 0.176 e. The predicted molar refractivity (Wildman–Crippen MR) is 64.5 cm³/mol. The molecule has 1 aromatic heterocycles. The minimum Gasteiger partial charge on any atom is -0.293 e. The number of rotatable bonds is 3. The molecular formula is C13H18OS. The van der Waals surface area contributed by atoms with E-state index in [0.717, 1.165) is 17.7 Å². The normalized spacial score (nSPS) is 25.7. The Morgan fingerprint density at radius 2 is 2.27 bits per heavy atom. The number of hydrogen-bond donors (Lipinski definition) is 0. The molecule has 0 saturated heterocycles. The van der Waals surface area contributed by atoms with E-state index in [4.69, 9.17) is 0 Å². The van der Waals surface area contributed by atoms with E-state index in [1.807, 2.05) is 6.07 Å². The Morgan fingerprint density at radius 3 is 2.80 bits per heavy atom. The lowest BCUT2D eigenvalue weighted by Crippen LogP contribution is -2.15. The molecule has 15 heavy (non-hydrogen) atoms. The molecule has 0 radical (unpaired) electrons. The highest BCUT2D eigenvalue weighted by Crippen LogP contribution is 2.35. The minimum absolute atomic E-state index is 0.299. The minimum atomic E-state index is 0.299. The second-order valence-electron chi connectivity index (χ2n) is 4.50. The average Bonchev–Trinajstić information content (AvgIpc) is 2.84. The second kappa shape index (κ2) is 4.48. The van der Waals surface area contributed by atoms with Crippen LogP contribution in [-0.4, -0.2) is 5.78 Å². The fourth-order valence-corrected chi connectivity index (χ4v) is 3.37. The van der Waals surface area contributed by atoms with E-state index in [0.29, 0.717) is 17.6 Å². The zero-order chi connectivity index (χ0) is 10.8. The summed E-state index contributed by atoms with van der Waals surface area (Å²) >= 11 is 1.68. The molecule has 2 rings (SSSR count). The Hall–Kier alpha value is -0.630. The van der Waals surface area contributed by atoms with Crippen LogP contribution in [0.1, 0.15) is 47.7 Å². The first-order valence-electron chi connectivity index (χ1n) is 5.85. The van der Waals surface area contributed by atoms with Crippen molar-refractivity contribution in [2.24, 2.45) is 11.8 Å². The number of thiophene rings is 1. The third kappa shape index (κ3) is 2.15. The van der Waals surface area contributed by atoms with Crippen molar-refractivity contribution < 1.29 is 4.79 Å². The zero-order valence-corrected chi connectivity index (χ0v) is 10.3. The van der Waals surface area contributed by atoms with Crippen molar-refractivity contribution in [3.05, 3.63) is 21.9 Å². The van der Waals surface area contributed by atoms with Gasteiger partial charge in [0.25, 0.3) is 0 Å². The van der Waals surface area contributed by atoms with Gasteiger partial charge in [0.05, 0.1) is 4.88 Å². The molecule has 1 aromatic rings. The fraction of sp³-hybridized carbons (Fsp3) is 0.615. The topological polar surface area (TPSA) is 17.1 Å². The smallest absolute Gasteiger partial charge is 0.176 e. The summed E-state index contributed by atoms with van der Waals surface area (Å²) in [5, 5.41) is 0. The molecule has 0 amide bonds. The number of Topliss-reactive ketones (excluding diaryl/α,β-unsaturated/α-hetero) is 1. The van der Waals surface area contributed by atoms with E-state index >= 15 is 0 Å². The van der Waals surface area contributed by atoms with Crippen LogP contribution < -0.4 is 0 Å². The Balaban J connectivity index is 2.13. The van der Waals surface area contributed by atoms with Gasteiger partial charge in [-0.15, -0.1) is 11.3 Å².